The van der Waals surface area contributed by atoms with Gasteiger partial charge in [-0.2, -0.15) is 4.98 Å². The zero-order chi connectivity index (χ0) is 20.3. The molecule has 1 fully saturated rings. The molecular formula is C19H26N6O3. The molecule has 0 unspecified atom stereocenters. The zero-order valence-electron chi connectivity index (χ0n) is 16.7. The van der Waals surface area contributed by atoms with E-state index in [4.69, 9.17) is 4.74 Å². The Morgan fingerprint density at radius 1 is 1.32 bits per heavy atom. The average molecular weight is 386 g/mol. The highest BCUT2D eigenvalue weighted by molar-refractivity contribution is 5.82. The van der Waals surface area contributed by atoms with Crippen molar-refractivity contribution in [2.24, 2.45) is 7.05 Å². The number of carbonyl (C=O) groups is 1. The first-order valence-electron chi connectivity index (χ1n) is 9.20. The Labute approximate surface area is 164 Å². The number of rotatable bonds is 6. The fourth-order valence-electron chi connectivity index (χ4n) is 3.18. The van der Waals surface area contributed by atoms with Crippen LogP contribution in [-0.4, -0.2) is 54.3 Å². The third-order valence-electron chi connectivity index (χ3n) is 4.86. The number of hydrogen-bond donors (Lipinski definition) is 1. The lowest BCUT2D eigenvalue weighted by Crippen LogP contribution is -2.40. The molecule has 3 rings (SSSR count). The van der Waals surface area contributed by atoms with Crippen LogP contribution in [0.25, 0.3) is 0 Å². The van der Waals surface area contributed by atoms with Gasteiger partial charge in [-0.3, -0.25) is 14.5 Å². The number of carbonyl (C=O) groups excluding carboxylic acids is 1. The molecule has 1 N–H and O–H groups in total. The quantitative estimate of drug-likeness (QED) is 0.751. The predicted molar refractivity (Wildman–Crippen MR) is 108 cm³/mol. The van der Waals surface area contributed by atoms with E-state index in [1.165, 1.54) is 4.57 Å². The molecule has 1 saturated heterocycles. The Morgan fingerprint density at radius 2 is 2.04 bits per heavy atom. The van der Waals surface area contributed by atoms with Gasteiger partial charge in [0, 0.05) is 52.7 Å². The molecular weight excluding hydrogens is 360 g/mol. The second kappa shape index (κ2) is 8.39. The summed E-state index contributed by atoms with van der Waals surface area (Å²) in [5.74, 6) is 0.910. The first kappa shape index (κ1) is 19.8. The lowest BCUT2D eigenvalue weighted by molar-refractivity contribution is -0.108. The molecule has 0 aromatic carbocycles. The highest BCUT2D eigenvalue weighted by Gasteiger charge is 2.26. The molecule has 9 nitrogen and oxygen atoms in total. The molecule has 0 atom stereocenters. The molecule has 9 heteroatoms. The van der Waals surface area contributed by atoms with Crippen molar-refractivity contribution in [2.45, 2.75) is 25.8 Å². The van der Waals surface area contributed by atoms with Gasteiger partial charge in [0.1, 0.15) is 0 Å². The van der Waals surface area contributed by atoms with Gasteiger partial charge in [-0.25, -0.2) is 4.98 Å². The van der Waals surface area contributed by atoms with E-state index in [-0.39, 0.29) is 11.6 Å². The number of ether oxygens (including phenoxy) is 1. The number of amides is 1. The summed E-state index contributed by atoms with van der Waals surface area (Å²) < 4.78 is 6.91. The van der Waals surface area contributed by atoms with Gasteiger partial charge in [-0.15, -0.1) is 0 Å². The van der Waals surface area contributed by atoms with Crippen LogP contribution in [0.15, 0.2) is 23.3 Å². The SMILES string of the molecule is Cc1cc(=O)n(C)cc1Nc1ncc(N(C)C)c(N(C=O)C2CCOCC2)n1. The molecule has 150 valence electrons. The molecule has 0 bridgehead atoms. The second-order valence-electron chi connectivity index (χ2n) is 7.10. The number of anilines is 4. The summed E-state index contributed by atoms with van der Waals surface area (Å²) in [5.41, 5.74) is 2.19. The first-order chi connectivity index (χ1) is 13.4. The Bertz CT molecular complexity index is 905. The first-order valence-corrected chi connectivity index (χ1v) is 9.20. The van der Waals surface area contributed by atoms with Crippen LogP contribution in [0.4, 0.5) is 23.1 Å². The van der Waals surface area contributed by atoms with Crippen molar-refractivity contribution in [2.75, 3.05) is 42.4 Å². The van der Waals surface area contributed by atoms with Gasteiger partial charge in [-0.05, 0) is 25.3 Å². The Balaban J connectivity index is 1.98. The number of aromatic nitrogens is 3. The maximum atomic E-state index is 11.9. The van der Waals surface area contributed by atoms with Gasteiger partial charge in [0.2, 0.25) is 12.4 Å². The van der Waals surface area contributed by atoms with Crippen molar-refractivity contribution in [3.63, 3.8) is 0 Å². The van der Waals surface area contributed by atoms with E-state index in [2.05, 4.69) is 15.3 Å². The summed E-state index contributed by atoms with van der Waals surface area (Å²) >= 11 is 0. The minimum absolute atomic E-state index is 0.0342. The van der Waals surface area contributed by atoms with Crippen LogP contribution in [0.2, 0.25) is 0 Å². The van der Waals surface area contributed by atoms with Gasteiger partial charge in [0.15, 0.2) is 5.82 Å². The van der Waals surface area contributed by atoms with Crippen LogP contribution in [-0.2, 0) is 16.6 Å². The maximum absolute atomic E-state index is 11.9. The summed E-state index contributed by atoms with van der Waals surface area (Å²) in [6.07, 6.45) is 5.75. The normalized spacial score (nSPS) is 14.6. The van der Waals surface area contributed by atoms with Gasteiger partial charge in [-0.1, -0.05) is 0 Å². The monoisotopic (exact) mass is 386 g/mol. The van der Waals surface area contributed by atoms with Crippen molar-refractivity contribution in [1.82, 2.24) is 14.5 Å². The lowest BCUT2D eigenvalue weighted by Gasteiger charge is -2.32. The minimum atomic E-state index is -0.0840. The Kier molecular flexibility index (Phi) is 5.93. The topological polar surface area (TPSA) is 92.6 Å². The molecule has 1 amide bonds. The van der Waals surface area contributed by atoms with E-state index in [1.807, 2.05) is 25.9 Å². The number of pyridine rings is 1. The highest BCUT2D eigenvalue weighted by atomic mass is 16.5. The summed E-state index contributed by atoms with van der Waals surface area (Å²) in [4.78, 5) is 36.3. The standard InChI is InChI=1S/C19H26N6O3/c1-13-9-17(27)24(4)11-15(13)21-19-20-10-16(23(2)3)18(22-19)25(12-26)14-5-7-28-8-6-14/h9-12,14H,5-8H2,1-4H3,(H,20,21,22). The van der Waals surface area contributed by atoms with E-state index in [0.717, 1.165) is 36.2 Å². The van der Waals surface area contributed by atoms with Crippen LogP contribution in [0.3, 0.4) is 0 Å². The average Bonchev–Trinajstić information content (AvgIpc) is 2.67. The maximum Gasteiger partial charge on any atom is 0.250 e. The Morgan fingerprint density at radius 3 is 2.68 bits per heavy atom. The third-order valence-corrected chi connectivity index (χ3v) is 4.86. The third kappa shape index (κ3) is 4.14. The molecule has 3 heterocycles. The minimum Gasteiger partial charge on any atom is -0.381 e. The van der Waals surface area contributed by atoms with Crippen molar-refractivity contribution in [1.29, 1.82) is 0 Å². The molecule has 2 aromatic heterocycles. The summed E-state index contributed by atoms with van der Waals surface area (Å²) in [6, 6.07) is 1.59. The molecule has 0 aliphatic carbocycles. The smallest absolute Gasteiger partial charge is 0.250 e. The second-order valence-corrected chi connectivity index (χ2v) is 7.10. The molecule has 2 aromatic rings. The van der Waals surface area contributed by atoms with E-state index in [1.54, 1.807) is 30.4 Å². The van der Waals surface area contributed by atoms with Gasteiger partial charge < -0.3 is 19.5 Å². The van der Waals surface area contributed by atoms with Crippen LogP contribution in [0.5, 0.6) is 0 Å². The van der Waals surface area contributed by atoms with Crippen LogP contribution in [0.1, 0.15) is 18.4 Å². The number of nitrogens with zero attached hydrogens (tertiary/aromatic N) is 5. The fourth-order valence-corrected chi connectivity index (χ4v) is 3.18. The Hall–Kier alpha value is -2.94. The summed E-state index contributed by atoms with van der Waals surface area (Å²) in [7, 11) is 5.46. The van der Waals surface area contributed by atoms with E-state index >= 15 is 0 Å². The molecule has 0 spiro atoms. The summed E-state index contributed by atoms with van der Waals surface area (Å²) in [6.45, 7) is 3.10. The fraction of sp³-hybridized carbons (Fsp3) is 0.474. The molecule has 1 aliphatic heterocycles. The van der Waals surface area contributed by atoms with Crippen molar-refractivity contribution in [3.05, 3.63) is 34.4 Å². The van der Waals surface area contributed by atoms with Crippen LogP contribution in [0, 0.1) is 6.92 Å². The van der Waals surface area contributed by atoms with Crippen molar-refractivity contribution >= 4 is 29.6 Å². The van der Waals surface area contributed by atoms with Gasteiger partial charge in [0.25, 0.3) is 5.56 Å². The van der Waals surface area contributed by atoms with Crippen molar-refractivity contribution < 1.29 is 9.53 Å². The molecule has 1 aliphatic rings. The summed E-state index contributed by atoms with van der Waals surface area (Å²) in [5, 5.41) is 3.16. The zero-order valence-corrected chi connectivity index (χ0v) is 16.7. The predicted octanol–water partition coefficient (Wildman–Crippen LogP) is 1.44. The van der Waals surface area contributed by atoms with E-state index < -0.39 is 0 Å². The van der Waals surface area contributed by atoms with Gasteiger partial charge in [0.05, 0.1) is 17.6 Å². The van der Waals surface area contributed by atoms with Crippen LogP contribution >= 0.6 is 0 Å². The molecule has 0 radical (unpaired) electrons. The molecule has 28 heavy (non-hydrogen) atoms. The largest absolute Gasteiger partial charge is 0.381 e. The number of hydrogen-bond acceptors (Lipinski definition) is 7. The van der Waals surface area contributed by atoms with Crippen LogP contribution < -0.4 is 20.7 Å². The lowest BCUT2D eigenvalue weighted by atomic mass is 10.1. The van der Waals surface area contributed by atoms with E-state index in [9.17, 15) is 9.59 Å². The van der Waals surface area contributed by atoms with E-state index in [0.29, 0.717) is 25.0 Å². The molecule has 0 saturated carbocycles. The number of aryl methyl sites for hydroxylation is 2. The van der Waals surface area contributed by atoms with Gasteiger partial charge >= 0.3 is 0 Å². The number of nitrogens with one attached hydrogen (secondary N) is 1. The highest BCUT2D eigenvalue weighted by Crippen LogP contribution is 2.30. The van der Waals surface area contributed by atoms with Crippen molar-refractivity contribution in [3.8, 4) is 0 Å².